The summed E-state index contributed by atoms with van der Waals surface area (Å²) in [6.45, 7) is 2.58. The Balaban J connectivity index is 1.75. The van der Waals surface area contributed by atoms with E-state index in [9.17, 15) is 4.79 Å². The highest BCUT2D eigenvalue weighted by atomic mass is 79.9. The minimum atomic E-state index is -0.300. The number of carbonyl (C=O) groups is 1. The molecule has 0 saturated heterocycles. The summed E-state index contributed by atoms with van der Waals surface area (Å²) < 4.78 is 17.1. The molecular weight excluding hydrogens is 376 g/mol. The molecule has 2 aromatic carbocycles. The summed E-state index contributed by atoms with van der Waals surface area (Å²) in [5, 5.41) is 4.00. The van der Waals surface area contributed by atoms with E-state index in [4.69, 9.17) is 14.2 Å². The summed E-state index contributed by atoms with van der Waals surface area (Å²) in [5.41, 5.74) is 3.70. The second-order valence-corrected chi connectivity index (χ2v) is 5.80. The van der Waals surface area contributed by atoms with Gasteiger partial charge in [0.05, 0.1) is 12.8 Å². The summed E-state index contributed by atoms with van der Waals surface area (Å²) in [6, 6.07) is 10.6. The average molecular weight is 391 g/mol. The van der Waals surface area contributed by atoms with E-state index in [-0.39, 0.29) is 12.7 Å². The Bertz CT molecular complexity index is 792. The number of amides is 1. The molecule has 24 heavy (non-hydrogen) atoms. The number of benzene rings is 2. The summed E-state index contributed by atoms with van der Waals surface area (Å²) in [4.78, 5) is 12.1. The minimum absolute atomic E-state index is 0.182. The molecule has 0 aromatic heterocycles. The molecule has 3 rings (SSSR count). The molecule has 1 aliphatic rings. The Morgan fingerprint density at radius 3 is 2.88 bits per heavy atom. The normalized spacial score (nSPS) is 12.4. The molecule has 0 atom stereocenters. The maximum Gasteiger partial charge on any atom is 0.271 e. The zero-order valence-corrected chi connectivity index (χ0v) is 14.5. The molecule has 0 aliphatic carbocycles. The maximum atomic E-state index is 12.1. The molecule has 7 heteroatoms. The van der Waals surface area contributed by atoms with Crippen molar-refractivity contribution in [2.24, 2.45) is 5.10 Å². The highest BCUT2D eigenvalue weighted by Gasteiger charge is 2.17. The lowest BCUT2D eigenvalue weighted by Gasteiger charge is -2.08. The van der Waals surface area contributed by atoms with Crippen molar-refractivity contribution in [2.45, 2.75) is 6.92 Å². The molecule has 0 radical (unpaired) electrons. The molecule has 1 heterocycles. The van der Waals surface area contributed by atoms with E-state index in [1.165, 1.54) is 6.21 Å². The Morgan fingerprint density at radius 1 is 1.33 bits per heavy atom. The van der Waals surface area contributed by atoms with Gasteiger partial charge in [0.2, 0.25) is 6.79 Å². The van der Waals surface area contributed by atoms with E-state index in [2.05, 4.69) is 26.5 Å². The molecular formula is C17H15BrN2O4. The lowest BCUT2D eigenvalue weighted by molar-refractivity contribution is 0.0955. The predicted molar refractivity (Wildman–Crippen MR) is 92.9 cm³/mol. The topological polar surface area (TPSA) is 69.2 Å². The van der Waals surface area contributed by atoms with Crippen LogP contribution in [0.25, 0.3) is 0 Å². The molecule has 6 nitrogen and oxygen atoms in total. The van der Waals surface area contributed by atoms with Crippen LogP contribution in [0.3, 0.4) is 0 Å². The molecule has 0 unspecified atom stereocenters. The fraction of sp³-hybridized carbons (Fsp3) is 0.176. The fourth-order valence-corrected chi connectivity index (χ4v) is 2.57. The fourth-order valence-electron chi connectivity index (χ4n) is 2.18. The zero-order valence-electron chi connectivity index (χ0n) is 12.9. The van der Waals surface area contributed by atoms with Crippen LogP contribution in [0.1, 0.15) is 22.8 Å². The summed E-state index contributed by atoms with van der Waals surface area (Å²) in [5.74, 6) is 1.57. The van der Waals surface area contributed by atoms with Gasteiger partial charge in [0.1, 0.15) is 5.75 Å². The summed E-state index contributed by atoms with van der Waals surface area (Å²) in [6.07, 6.45) is 1.52. The molecule has 0 spiro atoms. The van der Waals surface area contributed by atoms with E-state index >= 15 is 0 Å². The first-order valence-electron chi connectivity index (χ1n) is 7.33. The smallest absolute Gasteiger partial charge is 0.271 e. The number of carbonyl (C=O) groups excluding carboxylic acids is 1. The van der Waals surface area contributed by atoms with E-state index in [0.29, 0.717) is 35.0 Å². The molecule has 1 N–H and O–H groups in total. The lowest BCUT2D eigenvalue weighted by Crippen LogP contribution is -2.17. The number of fused-ring (bicyclic) bond motifs is 1. The predicted octanol–water partition coefficient (Wildman–Crippen LogP) is 3.34. The van der Waals surface area contributed by atoms with Gasteiger partial charge in [-0.1, -0.05) is 22.0 Å². The number of rotatable bonds is 5. The molecule has 124 valence electrons. The van der Waals surface area contributed by atoms with Crippen molar-refractivity contribution in [3.8, 4) is 17.2 Å². The van der Waals surface area contributed by atoms with Gasteiger partial charge in [0, 0.05) is 21.7 Å². The minimum Gasteiger partial charge on any atom is -0.493 e. The molecule has 0 saturated carbocycles. The van der Waals surface area contributed by atoms with Crippen LogP contribution in [0.4, 0.5) is 0 Å². The van der Waals surface area contributed by atoms with Gasteiger partial charge in [-0.3, -0.25) is 4.79 Å². The second kappa shape index (κ2) is 7.35. The van der Waals surface area contributed by atoms with Gasteiger partial charge in [0.15, 0.2) is 11.5 Å². The summed E-state index contributed by atoms with van der Waals surface area (Å²) in [7, 11) is 0. The van der Waals surface area contributed by atoms with Crippen LogP contribution in [0.15, 0.2) is 46.0 Å². The first-order chi connectivity index (χ1) is 11.7. The number of nitrogens with one attached hydrogen (secondary N) is 1. The van der Waals surface area contributed by atoms with Gasteiger partial charge >= 0.3 is 0 Å². The first-order valence-corrected chi connectivity index (χ1v) is 8.12. The molecule has 1 aliphatic heterocycles. The van der Waals surface area contributed by atoms with Gasteiger partial charge < -0.3 is 14.2 Å². The monoisotopic (exact) mass is 390 g/mol. The van der Waals surface area contributed by atoms with Crippen LogP contribution in [-0.2, 0) is 0 Å². The Labute approximate surface area is 147 Å². The van der Waals surface area contributed by atoms with Crippen LogP contribution < -0.4 is 19.6 Å². The van der Waals surface area contributed by atoms with Crippen LogP contribution in [0.2, 0.25) is 0 Å². The maximum absolute atomic E-state index is 12.1. The number of hydrazone groups is 1. The van der Waals surface area contributed by atoms with Gasteiger partial charge in [-0.2, -0.15) is 5.10 Å². The van der Waals surface area contributed by atoms with Crippen LogP contribution >= 0.6 is 15.9 Å². The van der Waals surface area contributed by atoms with Gasteiger partial charge in [-0.15, -0.1) is 0 Å². The van der Waals surface area contributed by atoms with Crippen LogP contribution in [0, 0.1) is 0 Å². The van der Waals surface area contributed by atoms with Crippen LogP contribution in [0.5, 0.6) is 17.2 Å². The van der Waals surface area contributed by atoms with Gasteiger partial charge in [-0.05, 0) is 31.2 Å². The first kappa shape index (κ1) is 16.3. The Hall–Kier alpha value is -2.54. The van der Waals surface area contributed by atoms with Crippen molar-refractivity contribution in [1.29, 1.82) is 0 Å². The standard InChI is InChI=1S/C17H15BrN2O4/c1-2-22-14-8-16-15(23-10-24-16)7-12(14)9-19-20-17(21)11-4-3-5-13(18)6-11/h3-9H,2,10H2,1H3,(H,20,21)/b19-9+. The number of halogens is 1. The van der Waals surface area contributed by atoms with Crippen LogP contribution in [-0.4, -0.2) is 25.5 Å². The van der Waals surface area contributed by atoms with Crippen molar-refractivity contribution >= 4 is 28.1 Å². The third-order valence-corrected chi connectivity index (χ3v) is 3.75. The van der Waals surface area contributed by atoms with Crippen molar-refractivity contribution in [3.63, 3.8) is 0 Å². The van der Waals surface area contributed by atoms with Crippen molar-refractivity contribution in [3.05, 3.63) is 52.0 Å². The SMILES string of the molecule is CCOc1cc2c(cc1/C=N/NC(=O)c1cccc(Br)c1)OCO2. The van der Waals surface area contributed by atoms with Crippen molar-refractivity contribution < 1.29 is 19.0 Å². The third-order valence-electron chi connectivity index (χ3n) is 3.26. The molecule has 0 bridgehead atoms. The lowest BCUT2D eigenvalue weighted by atomic mass is 10.2. The Morgan fingerprint density at radius 2 is 2.12 bits per heavy atom. The summed E-state index contributed by atoms with van der Waals surface area (Å²) >= 11 is 3.33. The number of nitrogens with zero attached hydrogens (tertiary/aromatic N) is 1. The van der Waals surface area contributed by atoms with Crippen molar-refractivity contribution in [2.75, 3.05) is 13.4 Å². The van der Waals surface area contributed by atoms with E-state index in [1.807, 2.05) is 13.0 Å². The van der Waals surface area contributed by atoms with E-state index in [1.54, 1.807) is 30.3 Å². The van der Waals surface area contributed by atoms with Gasteiger partial charge in [-0.25, -0.2) is 5.43 Å². The highest BCUT2D eigenvalue weighted by Crippen LogP contribution is 2.37. The number of ether oxygens (including phenoxy) is 3. The number of hydrogen-bond donors (Lipinski definition) is 1. The second-order valence-electron chi connectivity index (χ2n) is 4.89. The Kier molecular flexibility index (Phi) is 5.00. The highest BCUT2D eigenvalue weighted by molar-refractivity contribution is 9.10. The third kappa shape index (κ3) is 3.68. The van der Waals surface area contributed by atoms with E-state index in [0.717, 1.165) is 4.47 Å². The quantitative estimate of drug-likeness (QED) is 0.627. The van der Waals surface area contributed by atoms with E-state index < -0.39 is 0 Å². The van der Waals surface area contributed by atoms with Gasteiger partial charge in [0.25, 0.3) is 5.91 Å². The largest absolute Gasteiger partial charge is 0.493 e. The average Bonchev–Trinajstić information content (AvgIpc) is 3.02. The molecule has 2 aromatic rings. The molecule has 0 fully saturated rings. The van der Waals surface area contributed by atoms with Crippen molar-refractivity contribution in [1.82, 2.24) is 5.43 Å². The zero-order chi connectivity index (χ0) is 16.9. The molecule has 1 amide bonds. The number of hydrogen-bond acceptors (Lipinski definition) is 5.